The summed E-state index contributed by atoms with van der Waals surface area (Å²) in [6, 6.07) is 27.6. The summed E-state index contributed by atoms with van der Waals surface area (Å²) in [5, 5.41) is 0. The van der Waals surface area contributed by atoms with Gasteiger partial charge in [-0.1, -0.05) is 79.6 Å². The number of halogens is 5. The molecule has 41 heavy (non-hydrogen) atoms. The summed E-state index contributed by atoms with van der Waals surface area (Å²) in [7, 11) is 0. The van der Waals surface area contributed by atoms with Crippen molar-refractivity contribution >= 4 is 22.9 Å². The summed E-state index contributed by atoms with van der Waals surface area (Å²) in [6.45, 7) is 0.610. The number of thioether (sulfide) groups is 1. The maximum absolute atomic E-state index is 12.9. The summed E-state index contributed by atoms with van der Waals surface area (Å²) in [5.41, 5.74) is 7.81. The van der Waals surface area contributed by atoms with E-state index < -0.39 is 18.5 Å². The lowest BCUT2D eigenvalue weighted by atomic mass is 9.81. The maximum atomic E-state index is 12.9. The molecule has 0 saturated carbocycles. The smallest absolute Gasteiger partial charge is 0.453 e. The highest BCUT2D eigenvalue weighted by atomic mass is 32.2. The van der Waals surface area contributed by atoms with Gasteiger partial charge in [-0.3, -0.25) is 0 Å². The Hall–Kier alpha value is -2.80. The van der Waals surface area contributed by atoms with Crippen LogP contribution >= 0.6 is 11.8 Å². The normalized spacial score (nSPS) is 15.0. The van der Waals surface area contributed by atoms with Crippen LogP contribution < -0.4 is 4.74 Å². The molecule has 0 radical (unpaired) electrons. The third-order valence-electron chi connectivity index (χ3n) is 7.37. The summed E-state index contributed by atoms with van der Waals surface area (Å²) in [6.07, 6.45) is 0.344. The molecular weight excluding hydrogens is 551 g/mol. The predicted molar refractivity (Wildman–Crippen MR) is 160 cm³/mol. The fourth-order valence-electron chi connectivity index (χ4n) is 5.21. The first-order valence-electron chi connectivity index (χ1n) is 14.4. The Morgan fingerprint density at radius 3 is 2.10 bits per heavy atom. The number of ether oxygens (including phenoxy) is 1. The molecule has 7 heteroatoms. The molecule has 1 nitrogen and oxygen atoms in total. The van der Waals surface area contributed by atoms with Crippen LogP contribution in [0.1, 0.15) is 73.6 Å². The van der Waals surface area contributed by atoms with E-state index in [1.807, 2.05) is 18.2 Å². The minimum atomic E-state index is -5.45. The van der Waals surface area contributed by atoms with Crippen LogP contribution in [0.15, 0.2) is 78.9 Å². The van der Waals surface area contributed by atoms with Gasteiger partial charge >= 0.3 is 12.1 Å². The number of alkyl halides is 5. The predicted octanol–water partition coefficient (Wildman–Crippen LogP) is 10.6. The Kier molecular flexibility index (Phi) is 11.3. The fraction of sp³-hybridized carbons (Fsp3) is 0.412. The SMILES string of the molecule is FC(F)(F)C(F)(F)CCCSCCCCCCOc1ccc(/C(=C2\CCCc3ccccc32)c2ccccc2)cc1. The zero-order valence-electron chi connectivity index (χ0n) is 23.2. The van der Waals surface area contributed by atoms with E-state index in [-0.39, 0.29) is 6.42 Å². The van der Waals surface area contributed by atoms with E-state index in [1.54, 1.807) is 0 Å². The number of benzene rings is 3. The van der Waals surface area contributed by atoms with E-state index in [0.717, 1.165) is 56.4 Å². The van der Waals surface area contributed by atoms with Crippen molar-refractivity contribution in [1.82, 2.24) is 0 Å². The van der Waals surface area contributed by atoms with Crippen LogP contribution in [-0.4, -0.2) is 30.2 Å². The van der Waals surface area contributed by atoms with Gasteiger partial charge in [-0.25, -0.2) is 0 Å². The molecule has 3 aromatic carbocycles. The number of aryl methyl sites for hydroxylation is 1. The first kappa shape index (κ1) is 31.1. The van der Waals surface area contributed by atoms with Gasteiger partial charge in [0.2, 0.25) is 0 Å². The van der Waals surface area contributed by atoms with Crippen molar-refractivity contribution in [1.29, 1.82) is 0 Å². The third-order valence-corrected chi connectivity index (χ3v) is 8.52. The van der Waals surface area contributed by atoms with Gasteiger partial charge in [0.1, 0.15) is 5.75 Å². The molecule has 1 aliphatic rings. The van der Waals surface area contributed by atoms with Crippen LogP contribution in [0.3, 0.4) is 0 Å². The molecular formula is C34H37F5OS. The Morgan fingerprint density at radius 2 is 1.34 bits per heavy atom. The van der Waals surface area contributed by atoms with Crippen molar-refractivity contribution in [2.75, 3.05) is 18.1 Å². The molecule has 0 heterocycles. The molecule has 0 aromatic heterocycles. The first-order valence-corrected chi connectivity index (χ1v) is 15.5. The van der Waals surface area contributed by atoms with Gasteiger partial charge in [0.15, 0.2) is 0 Å². The zero-order chi connectivity index (χ0) is 29.1. The summed E-state index contributed by atoms with van der Waals surface area (Å²) >= 11 is 1.44. The number of unbranched alkanes of at least 4 members (excludes halogenated alkanes) is 3. The standard InChI is InChI=1S/C34H37F5OS/c35-33(36,34(37,38)39)22-11-25-41-24-9-2-1-8-23-40-29-20-18-28(19-21-29)32(27-13-4-3-5-14-27)31-17-10-15-26-12-6-7-16-30(26)31/h3-7,12-14,16,18-21H,1-2,8-11,15,17,22-25H2/b32-31+. The Labute approximate surface area is 244 Å². The Balaban J connectivity index is 1.22. The van der Waals surface area contributed by atoms with Crippen LogP contribution in [-0.2, 0) is 6.42 Å². The lowest BCUT2D eigenvalue weighted by molar-refractivity contribution is -0.284. The van der Waals surface area contributed by atoms with Crippen LogP contribution in [0.5, 0.6) is 5.75 Å². The second-order valence-electron chi connectivity index (χ2n) is 10.4. The molecule has 3 aromatic rings. The quantitative estimate of drug-likeness (QED) is 0.137. The Bertz CT molecular complexity index is 1250. The molecule has 0 aliphatic heterocycles. The van der Waals surface area contributed by atoms with E-state index in [9.17, 15) is 22.0 Å². The molecule has 0 N–H and O–H groups in total. The van der Waals surface area contributed by atoms with Crippen molar-refractivity contribution in [3.8, 4) is 5.75 Å². The summed E-state index contributed by atoms with van der Waals surface area (Å²) in [4.78, 5) is 0. The maximum Gasteiger partial charge on any atom is 0.453 e. The number of hydrogen-bond donors (Lipinski definition) is 0. The minimum Gasteiger partial charge on any atom is -0.494 e. The monoisotopic (exact) mass is 588 g/mol. The minimum absolute atomic E-state index is 0.138. The number of rotatable bonds is 14. The van der Waals surface area contributed by atoms with E-state index in [2.05, 4.69) is 60.7 Å². The lowest BCUT2D eigenvalue weighted by Gasteiger charge is -2.23. The topological polar surface area (TPSA) is 9.23 Å². The molecule has 0 saturated heterocycles. The van der Waals surface area contributed by atoms with Gasteiger partial charge in [-0.2, -0.15) is 33.7 Å². The van der Waals surface area contributed by atoms with Crippen molar-refractivity contribution in [2.24, 2.45) is 0 Å². The van der Waals surface area contributed by atoms with Crippen molar-refractivity contribution < 1.29 is 26.7 Å². The van der Waals surface area contributed by atoms with Crippen molar-refractivity contribution in [2.45, 2.75) is 69.9 Å². The van der Waals surface area contributed by atoms with Crippen LogP contribution in [0.25, 0.3) is 11.1 Å². The summed E-state index contributed by atoms with van der Waals surface area (Å²) in [5.74, 6) is -2.66. The van der Waals surface area contributed by atoms with Gasteiger partial charge in [-0.15, -0.1) is 0 Å². The highest BCUT2D eigenvalue weighted by Gasteiger charge is 2.56. The van der Waals surface area contributed by atoms with Gasteiger partial charge in [0, 0.05) is 6.42 Å². The van der Waals surface area contributed by atoms with Gasteiger partial charge in [0.05, 0.1) is 6.61 Å². The zero-order valence-corrected chi connectivity index (χ0v) is 24.0. The first-order chi connectivity index (χ1) is 19.8. The molecule has 0 atom stereocenters. The summed E-state index contributed by atoms with van der Waals surface area (Å²) < 4.78 is 68.3. The number of fused-ring (bicyclic) bond motifs is 1. The van der Waals surface area contributed by atoms with E-state index in [0.29, 0.717) is 12.4 Å². The second-order valence-corrected chi connectivity index (χ2v) is 11.7. The molecule has 0 unspecified atom stereocenters. The lowest BCUT2D eigenvalue weighted by Crippen LogP contribution is -2.36. The average molecular weight is 589 g/mol. The Morgan fingerprint density at radius 1 is 0.683 bits per heavy atom. The molecule has 1 aliphatic carbocycles. The highest BCUT2D eigenvalue weighted by molar-refractivity contribution is 7.99. The molecule has 0 amide bonds. The molecule has 0 bridgehead atoms. The van der Waals surface area contributed by atoms with E-state index >= 15 is 0 Å². The molecule has 0 spiro atoms. The van der Waals surface area contributed by atoms with Crippen LogP contribution in [0.4, 0.5) is 22.0 Å². The van der Waals surface area contributed by atoms with Crippen LogP contribution in [0, 0.1) is 0 Å². The fourth-order valence-corrected chi connectivity index (χ4v) is 6.17. The molecule has 4 rings (SSSR count). The number of hydrogen-bond acceptors (Lipinski definition) is 2. The van der Waals surface area contributed by atoms with Gasteiger partial charge < -0.3 is 4.74 Å². The van der Waals surface area contributed by atoms with Gasteiger partial charge in [-0.05, 0) is 95.6 Å². The highest BCUT2D eigenvalue weighted by Crippen LogP contribution is 2.40. The third kappa shape index (κ3) is 8.84. The van der Waals surface area contributed by atoms with Crippen molar-refractivity contribution in [3.05, 3.63) is 101 Å². The van der Waals surface area contributed by atoms with E-state index in [1.165, 1.54) is 45.2 Å². The largest absolute Gasteiger partial charge is 0.494 e. The van der Waals surface area contributed by atoms with Gasteiger partial charge in [0.25, 0.3) is 0 Å². The van der Waals surface area contributed by atoms with E-state index in [4.69, 9.17) is 4.74 Å². The second kappa shape index (κ2) is 14.9. The molecule has 220 valence electrons. The van der Waals surface area contributed by atoms with Crippen LogP contribution in [0.2, 0.25) is 0 Å². The molecule has 0 fully saturated rings. The van der Waals surface area contributed by atoms with Crippen molar-refractivity contribution in [3.63, 3.8) is 0 Å². The average Bonchev–Trinajstić information content (AvgIpc) is 2.97. The number of allylic oxidation sites excluding steroid dienone is 1.